The zero-order valence-corrected chi connectivity index (χ0v) is 12.2. The molecule has 5 heteroatoms. The summed E-state index contributed by atoms with van der Waals surface area (Å²) in [7, 11) is 2.91. The quantitative estimate of drug-likeness (QED) is 0.794. The molecule has 1 rings (SSSR count). The Morgan fingerprint density at radius 1 is 0.889 bits per heavy atom. The number of nitrogens with zero attached hydrogens (tertiary/aromatic N) is 2. The van der Waals surface area contributed by atoms with Crippen LogP contribution in [0, 0.1) is 0 Å². The van der Waals surface area contributed by atoms with Crippen molar-refractivity contribution in [3.05, 3.63) is 21.0 Å². The van der Waals surface area contributed by atoms with E-state index >= 15 is 0 Å². The lowest BCUT2D eigenvalue weighted by Crippen LogP contribution is -2.24. The second-order valence-electron chi connectivity index (χ2n) is 4.59. The third-order valence-electron chi connectivity index (χ3n) is 2.85. The van der Waals surface area contributed by atoms with Crippen LogP contribution in [0.3, 0.4) is 0 Å². The van der Waals surface area contributed by atoms with Crippen molar-refractivity contribution in [3.63, 3.8) is 0 Å². The largest absolute Gasteiger partial charge is 0.346 e. The first-order chi connectivity index (χ1) is 8.54. The van der Waals surface area contributed by atoms with Gasteiger partial charge in [0.15, 0.2) is 0 Å². The molecule has 0 aliphatic carbocycles. The van der Waals surface area contributed by atoms with E-state index in [1.807, 2.05) is 0 Å². The van der Waals surface area contributed by atoms with Gasteiger partial charge in [0.1, 0.15) is 0 Å². The number of hydrogen-bond donors (Lipinski definition) is 1. The van der Waals surface area contributed by atoms with Crippen molar-refractivity contribution < 1.29 is 0 Å². The smallest absolute Gasteiger partial charge is 0.246 e. The van der Waals surface area contributed by atoms with E-state index in [2.05, 4.69) is 18.9 Å². The molecule has 0 radical (unpaired) electrons. The maximum atomic E-state index is 10.7. The fourth-order valence-electron chi connectivity index (χ4n) is 1.61. The predicted octanol–water partition coefficient (Wildman–Crippen LogP) is 2.17. The molecule has 0 saturated heterocycles. The van der Waals surface area contributed by atoms with E-state index in [4.69, 9.17) is 0 Å². The topological polar surface area (TPSA) is 59.8 Å². The van der Waals surface area contributed by atoms with Gasteiger partial charge in [-0.05, 0) is 0 Å². The van der Waals surface area contributed by atoms with Crippen molar-refractivity contribution in [2.45, 2.75) is 58.8 Å². The van der Waals surface area contributed by atoms with E-state index in [9.17, 15) is 9.59 Å². The fraction of sp³-hybridized carbons (Fsp3) is 0.846. The standard InChI is InChI=1S/C9H20.C4H7N3O2/c1-3-5-7-9-8-6-4-2;1-6-3(8)5-7(2)4(6)9/h3-9H2,1-2H3;1-2H3,(H,5,8). The van der Waals surface area contributed by atoms with Gasteiger partial charge in [0.25, 0.3) is 0 Å². The van der Waals surface area contributed by atoms with Gasteiger partial charge in [0.05, 0.1) is 0 Å². The van der Waals surface area contributed by atoms with Gasteiger partial charge < -0.3 is 0 Å². The van der Waals surface area contributed by atoms with Crippen molar-refractivity contribution in [2.24, 2.45) is 14.1 Å². The first-order valence-electron chi connectivity index (χ1n) is 6.86. The Labute approximate surface area is 109 Å². The normalized spacial score (nSPS) is 10.0. The summed E-state index contributed by atoms with van der Waals surface area (Å²) in [5.41, 5.74) is -0.720. The Hall–Kier alpha value is -1.26. The van der Waals surface area contributed by atoms with Gasteiger partial charge >= 0.3 is 11.4 Å². The maximum Gasteiger partial charge on any atom is 0.346 e. The van der Waals surface area contributed by atoms with E-state index in [-0.39, 0.29) is 11.4 Å². The Morgan fingerprint density at radius 3 is 1.56 bits per heavy atom. The summed E-state index contributed by atoms with van der Waals surface area (Å²) in [5, 5.41) is 2.29. The molecule has 106 valence electrons. The highest BCUT2D eigenvalue weighted by molar-refractivity contribution is 4.64. The molecular formula is C13H27N3O2. The van der Waals surface area contributed by atoms with Gasteiger partial charge in [-0.3, -0.25) is 0 Å². The summed E-state index contributed by atoms with van der Waals surface area (Å²) in [5.74, 6) is 0. The van der Waals surface area contributed by atoms with Crippen molar-refractivity contribution in [1.29, 1.82) is 0 Å². The van der Waals surface area contributed by atoms with Gasteiger partial charge in [-0.1, -0.05) is 58.8 Å². The third-order valence-corrected chi connectivity index (χ3v) is 2.85. The fourth-order valence-corrected chi connectivity index (χ4v) is 1.61. The maximum absolute atomic E-state index is 10.7. The molecule has 0 unspecified atom stereocenters. The molecule has 0 aliphatic rings. The summed E-state index contributed by atoms with van der Waals surface area (Å²) >= 11 is 0. The van der Waals surface area contributed by atoms with Crippen molar-refractivity contribution in [2.75, 3.05) is 0 Å². The Morgan fingerprint density at radius 2 is 1.33 bits per heavy atom. The second kappa shape index (κ2) is 9.74. The lowest BCUT2D eigenvalue weighted by Gasteiger charge is -1.96. The zero-order chi connectivity index (χ0) is 14.0. The van der Waals surface area contributed by atoms with Gasteiger partial charge in [0, 0.05) is 14.1 Å². The van der Waals surface area contributed by atoms with Crippen LogP contribution in [-0.2, 0) is 14.1 Å². The molecule has 0 amide bonds. The van der Waals surface area contributed by atoms with Crippen LogP contribution in [0.15, 0.2) is 9.59 Å². The number of rotatable bonds is 6. The van der Waals surface area contributed by atoms with Crippen LogP contribution in [0.1, 0.15) is 58.8 Å². The number of aromatic amines is 1. The minimum Gasteiger partial charge on any atom is -0.246 e. The minimum atomic E-state index is -0.387. The van der Waals surface area contributed by atoms with E-state index in [0.29, 0.717) is 0 Å². The van der Waals surface area contributed by atoms with E-state index in [1.54, 1.807) is 0 Å². The predicted molar refractivity (Wildman–Crippen MR) is 74.9 cm³/mol. The average Bonchev–Trinajstić information content (AvgIpc) is 2.57. The van der Waals surface area contributed by atoms with Crippen LogP contribution in [0.25, 0.3) is 0 Å². The van der Waals surface area contributed by atoms with Crippen molar-refractivity contribution in [1.82, 2.24) is 14.3 Å². The molecule has 1 heterocycles. The van der Waals surface area contributed by atoms with Crippen LogP contribution < -0.4 is 11.4 Å². The number of unbranched alkanes of at least 4 members (excludes halogenated alkanes) is 6. The minimum absolute atomic E-state index is 0.333. The van der Waals surface area contributed by atoms with Gasteiger partial charge in [0.2, 0.25) is 0 Å². The SMILES string of the molecule is CCCCCCCCC.Cn1[nH]c(=O)n(C)c1=O. The van der Waals surface area contributed by atoms with Crippen LogP contribution in [0.5, 0.6) is 0 Å². The number of H-pyrrole nitrogens is 1. The number of aryl methyl sites for hydroxylation is 1. The summed E-state index contributed by atoms with van der Waals surface area (Å²) in [6.45, 7) is 4.53. The average molecular weight is 257 g/mol. The lowest BCUT2D eigenvalue weighted by atomic mass is 10.1. The number of nitrogens with one attached hydrogen (secondary N) is 1. The summed E-state index contributed by atoms with van der Waals surface area (Å²) in [4.78, 5) is 21.2. The van der Waals surface area contributed by atoms with Crippen LogP contribution in [-0.4, -0.2) is 14.3 Å². The highest BCUT2D eigenvalue weighted by Gasteiger charge is 1.97. The second-order valence-corrected chi connectivity index (χ2v) is 4.59. The Kier molecular flexibility index (Phi) is 9.06. The Balaban J connectivity index is 0.000000321. The number of aromatic nitrogens is 3. The van der Waals surface area contributed by atoms with Crippen molar-refractivity contribution >= 4 is 0 Å². The van der Waals surface area contributed by atoms with Gasteiger partial charge in [-0.15, -0.1) is 0 Å². The summed E-state index contributed by atoms with van der Waals surface area (Å²) in [6.07, 6.45) is 9.97. The zero-order valence-electron chi connectivity index (χ0n) is 12.2. The van der Waals surface area contributed by atoms with E-state index < -0.39 is 0 Å². The van der Waals surface area contributed by atoms with Gasteiger partial charge in [-0.25, -0.2) is 23.9 Å². The molecule has 5 nitrogen and oxygen atoms in total. The molecular weight excluding hydrogens is 230 g/mol. The molecule has 0 saturated carbocycles. The first kappa shape index (κ1) is 16.7. The highest BCUT2D eigenvalue weighted by atomic mass is 16.2. The lowest BCUT2D eigenvalue weighted by molar-refractivity contribution is 0.602. The molecule has 1 aromatic rings. The molecule has 1 aromatic heterocycles. The molecule has 0 spiro atoms. The van der Waals surface area contributed by atoms with Crippen molar-refractivity contribution in [3.8, 4) is 0 Å². The van der Waals surface area contributed by atoms with E-state index in [0.717, 1.165) is 9.25 Å². The highest BCUT2D eigenvalue weighted by Crippen LogP contribution is 2.05. The molecule has 0 aromatic carbocycles. The molecule has 0 atom stereocenters. The monoisotopic (exact) mass is 257 g/mol. The molecule has 0 fully saturated rings. The molecule has 18 heavy (non-hydrogen) atoms. The third kappa shape index (κ3) is 6.47. The molecule has 1 N–H and O–H groups in total. The molecule has 0 bridgehead atoms. The Bertz CT molecular complexity index is 409. The first-order valence-corrected chi connectivity index (χ1v) is 6.86. The summed E-state index contributed by atoms with van der Waals surface area (Å²) < 4.78 is 2.13. The molecule has 0 aliphatic heterocycles. The van der Waals surface area contributed by atoms with Crippen LogP contribution in [0.4, 0.5) is 0 Å². The van der Waals surface area contributed by atoms with Crippen LogP contribution >= 0.6 is 0 Å². The number of hydrogen-bond acceptors (Lipinski definition) is 2. The van der Waals surface area contributed by atoms with Gasteiger partial charge in [-0.2, -0.15) is 0 Å². The van der Waals surface area contributed by atoms with E-state index in [1.165, 1.54) is 59.0 Å². The summed E-state index contributed by atoms with van der Waals surface area (Å²) in [6, 6.07) is 0. The van der Waals surface area contributed by atoms with Crippen LogP contribution in [0.2, 0.25) is 0 Å².